The first kappa shape index (κ1) is 22.6. The van der Waals surface area contributed by atoms with Crippen LogP contribution in [0.3, 0.4) is 0 Å². The van der Waals surface area contributed by atoms with Gasteiger partial charge in [-0.25, -0.2) is 15.0 Å². The van der Waals surface area contributed by atoms with Crippen molar-refractivity contribution in [3.8, 4) is 0 Å². The lowest BCUT2D eigenvalue weighted by Crippen LogP contribution is -2.47. The van der Waals surface area contributed by atoms with Gasteiger partial charge in [0, 0.05) is 54.3 Å². The zero-order valence-corrected chi connectivity index (χ0v) is 21.0. The van der Waals surface area contributed by atoms with E-state index in [1.54, 1.807) is 0 Å². The summed E-state index contributed by atoms with van der Waals surface area (Å²) in [5, 5.41) is 1.99. The van der Waals surface area contributed by atoms with E-state index in [9.17, 15) is 0 Å². The van der Waals surface area contributed by atoms with E-state index in [-0.39, 0.29) is 0 Å². The molecular formula is C28H30ClN5. The number of anilines is 2. The van der Waals surface area contributed by atoms with Gasteiger partial charge in [0.25, 0.3) is 0 Å². The number of pyridine rings is 1. The van der Waals surface area contributed by atoms with Crippen molar-refractivity contribution < 1.29 is 0 Å². The van der Waals surface area contributed by atoms with Crippen LogP contribution in [0, 0.1) is 27.7 Å². The molecule has 0 spiro atoms. The van der Waals surface area contributed by atoms with Gasteiger partial charge in [-0.2, -0.15) is 0 Å². The molecule has 0 N–H and O–H groups in total. The summed E-state index contributed by atoms with van der Waals surface area (Å²) in [5.74, 6) is 2.94. The Balaban J connectivity index is 1.39. The maximum absolute atomic E-state index is 6.09. The molecule has 1 aliphatic rings. The number of nitrogens with zero attached hydrogens (tertiary/aromatic N) is 5. The van der Waals surface area contributed by atoms with E-state index < -0.39 is 0 Å². The van der Waals surface area contributed by atoms with Crippen LogP contribution in [0.4, 0.5) is 11.6 Å². The van der Waals surface area contributed by atoms with Crippen LogP contribution in [-0.2, 0) is 6.42 Å². The van der Waals surface area contributed by atoms with Crippen LogP contribution in [0.2, 0.25) is 5.02 Å². The Morgan fingerprint density at radius 3 is 2.24 bits per heavy atom. The normalized spacial score (nSPS) is 14.1. The van der Waals surface area contributed by atoms with Gasteiger partial charge in [0.2, 0.25) is 0 Å². The van der Waals surface area contributed by atoms with Crippen molar-refractivity contribution in [1.82, 2.24) is 15.0 Å². The number of piperazine rings is 1. The number of benzene rings is 2. The maximum atomic E-state index is 6.09. The molecule has 2 aromatic heterocycles. The van der Waals surface area contributed by atoms with Crippen LogP contribution in [0.5, 0.6) is 0 Å². The maximum Gasteiger partial charge on any atom is 0.136 e. The molecule has 5 nitrogen and oxygen atoms in total. The molecule has 0 aliphatic carbocycles. The van der Waals surface area contributed by atoms with Gasteiger partial charge in [-0.1, -0.05) is 41.9 Å². The first-order chi connectivity index (χ1) is 16.4. The third-order valence-electron chi connectivity index (χ3n) is 6.74. The van der Waals surface area contributed by atoms with Gasteiger partial charge in [0.05, 0.1) is 5.52 Å². The molecule has 0 saturated carbocycles. The minimum absolute atomic E-state index is 0.754. The van der Waals surface area contributed by atoms with E-state index in [2.05, 4.69) is 72.0 Å². The first-order valence-corrected chi connectivity index (χ1v) is 12.2. The lowest BCUT2D eigenvalue weighted by molar-refractivity contribution is 0.637. The molecule has 6 heteroatoms. The van der Waals surface area contributed by atoms with Gasteiger partial charge in [0.15, 0.2) is 0 Å². The van der Waals surface area contributed by atoms with E-state index in [1.807, 2.05) is 19.1 Å². The summed E-state index contributed by atoms with van der Waals surface area (Å²) >= 11 is 6.09. The number of aromatic nitrogens is 3. The Morgan fingerprint density at radius 2 is 1.50 bits per heavy atom. The smallest absolute Gasteiger partial charge is 0.136 e. The van der Waals surface area contributed by atoms with E-state index >= 15 is 0 Å². The summed E-state index contributed by atoms with van der Waals surface area (Å²) in [4.78, 5) is 19.4. The minimum Gasteiger partial charge on any atom is -0.353 e. The summed E-state index contributed by atoms with van der Waals surface area (Å²) in [6.45, 7) is 12.0. The molecule has 34 heavy (non-hydrogen) atoms. The summed E-state index contributed by atoms with van der Waals surface area (Å²) in [6, 6.07) is 16.7. The molecule has 0 amide bonds. The summed E-state index contributed by atoms with van der Waals surface area (Å²) in [5.41, 5.74) is 7.05. The van der Waals surface area contributed by atoms with Crippen molar-refractivity contribution in [2.24, 2.45) is 0 Å². The average molecular weight is 472 g/mol. The van der Waals surface area contributed by atoms with Crippen molar-refractivity contribution in [3.05, 3.63) is 87.3 Å². The Bertz CT molecular complexity index is 1340. The van der Waals surface area contributed by atoms with Gasteiger partial charge in [0.1, 0.15) is 17.5 Å². The predicted molar refractivity (Wildman–Crippen MR) is 141 cm³/mol. The van der Waals surface area contributed by atoms with Crippen molar-refractivity contribution in [2.45, 2.75) is 34.1 Å². The molecule has 4 aromatic rings. The summed E-state index contributed by atoms with van der Waals surface area (Å²) in [7, 11) is 0. The number of para-hydroxylation sites is 1. The number of fused-ring (bicyclic) bond motifs is 1. The van der Waals surface area contributed by atoms with Gasteiger partial charge >= 0.3 is 0 Å². The van der Waals surface area contributed by atoms with Gasteiger partial charge in [-0.05, 0) is 62.6 Å². The zero-order chi connectivity index (χ0) is 23.8. The van der Waals surface area contributed by atoms with Gasteiger partial charge in [-0.15, -0.1) is 0 Å². The van der Waals surface area contributed by atoms with Crippen molar-refractivity contribution in [1.29, 1.82) is 0 Å². The molecule has 2 aromatic carbocycles. The quantitative estimate of drug-likeness (QED) is 0.374. The lowest BCUT2D eigenvalue weighted by Gasteiger charge is -2.37. The van der Waals surface area contributed by atoms with Crippen LogP contribution in [0.25, 0.3) is 10.9 Å². The largest absolute Gasteiger partial charge is 0.353 e. The Hall–Kier alpha value is -3.18. The van der Waals surface area contributed by atoms with Crippen LogP contribution in [0.15, 0.2) is 48.5 Å². The molecule has 0 atom stereocenters. The number of hydrogen-bond donors (Lipinski definition) is 0. The van der Waals surface area contributed by atoms with Crippen LogP contribution < -0.4 is 9.80 Å². The predicted octanol–water partition coefficient (Wildman–Crippen LogP) is 5.83. The second-order valence-electron chi connectivity index (χ2n) is 9.20. The third kappa shape index (κ3) is 4.45. The number of aryl methyl sites for hydroxylation is 4. The number of halogens is 1. The first-order valence-electron chi connectivity index (χ1n) is 11.8. The van der Waals surface area contributed by atoms with Gasteiger partial charge < -0.3 is 9.80 Å². The number of hydrogen-bond acceptors (Lipinski definition) is 5. The molecular weight excluding hydrogens is 442 g/mol. The standard InChI is InChI=1S/C28H30ClN5/c1-18-6-5-7-24-19(2)16-26(32-27(18)24)33-12-14-34(15-13-33)28-25(20(3)30-21(4)31-28)17-22-8-10-23(29)11-9-22/h5-11,16H,12-15,17H2,1-4H3. The highest BCUT2D eigenvalue weighted by Crippen LogP contribution is 2.28. The number of rotatable bonds is 4. The monoisotopic (exact) mass is 471 g/mol. The Morgan fingerprint density at radius 1 is 0.794 bits per heavy atom. The second kappa shape index (κ2) is 9.22. The molecule has 1 saturated heterocycles. The van der Waals surface area contributed by atoms with E-state index in [0.717, 1.165) is 66.3 Å². The SMILES string of the molecule is Cc1nc(C)c(Cc2ccc(Cl)cc2)c(N2CCN(c3cc(C)c4cccc(C)c4n3)CC2)n1. The van der Waals surface area contributed by atoms with E-state index in [4.69, 9.17) is 21.6 Å². The molecule has 0 bridgehead atoms. The molecule has 174 valence electrons. The fourth-order valence-electron chi connectivity index (χ4n) is 4.85. The van der Waals surface area contributed by atoms with Crippen molar-refractivity contribution >= 4 is 34.1 Å². The summed E-state index contributed by atoms with van der Waals surface area (Å²) in [6.07, 6.45) is 0.795. The topological polar surface area (TPSA) is 45.2 Å². The van der Waals surface area contributed by atoms with Gasteiger partial charge in [-0.3, -0.25) is 0 Å². The average Bonchev–Trinajstić information content (AvgIpc) is 2.82. The Kier molecular flexibility index (Phi) is 6.13. The fraction of sp³-hybridized carbons (Fsp3) is 0.321. The Labute approximate surface area is 206 Å². The highest BCUT2D eigenvalue weighted by Gasteiger charge is 2.23. The van der Waals surface area contributed by atoms with E-state index in [0.29, 0.717) is 0 Å². The molecule has 1 fully saturated rings. The molecule has 0 unspecified atom stereocenters. The third-order valence-corrected chi connectivity index (χ3v) is 6.99. The molecule has 3 heterocycles. The molecule has 5 rings (SSSR count). The second-order valence-corrected chi connectivity index (χ2v) is 9.64. The highest BCUT2D eigenvalue weighted by molar-refractivity contribution is 6.30. The molecule has 0 radical (unpaired) electrons. The molecule has 1 aliphatic heterocycles. The minimum atomic E-state index is 0.754. The van der Waals surface area contributed by atoms with E-state index in [1.165, 1.54) is 27.6 Å². The van der Waals surface area contributed by atoms with Crippen molar-refractivity contribution in [2.75, 3.05) is 36.0 Å². The van der Waals surface area contributed by atoms with Crippen LogP contribution in [0.1, 0.15) is 33.8 Å². The highest BCUT2D eigenvalue weighted by atomic mass is 35.5. The zero-order valence-electron chi connectivity index (χ0n) is 20.3. The van der Waals surface area contributed by atoms with Crippen molar-refractivity contribution in [3.63, 3.8) is 0 Å². The van der Waals surface area contributed by atoms with Crippen LogP contribution in [-0.4, -0.2) is 41.1 Å². The summed E-state index contributed by atoms with van der Waals surface area (Å²) < 4.78 is 0. The van der Waals surface area contributed by atoms with Crippen LogP contribution >= 0.6 is 11.6 Å². The fourth-order valence-corrected chi connectivity index (χ4v) is 4.97. The lowest BCUT2D eigenvalue weighted by atomic mass is 10.0.